The second-order valence-corrected chi connectivity index (χ2v) is 5.88. The molecule has 0 radical (unpaired) electrons. The molecule has 0 aliphatic carbocycles. The van der Waals surface area contributed by atoms with Gasteiger partial charge in [0, 0.05) is 17.3 Å². The molecular weight excluding hydrogens is 317 g/mol. The highest BCUT2D eigenvalue weighted by atomic mass is 19.3. The normalized spacial score (nSPS) is 20.2. The number of rotatable bonds is 2. The van der Waals surface area contributed by atoms with Crippen LogP contribution >= 0.6 is 0 Å². The number of alkyl halides is 2. The highest BCUT2D eigenvalue weighted by molar-refractivity contribution is 6.14. The molecule has 1 aromatic carbocycles. The van der Waals surface area contributed by atoms with Gasteiger partial charge in [-0.25, -0.2) is 13.2 Å². The van der Waals surface area contributed by atoms with E-state index in [0.29, 0.717) is 22.4 Å². The van der Waals surface area contributed by atoms with E-state index in [1.807, 2.05) is 13.8 Å². The van der Waals surface area contributed by atoms with Gasteiger partial charge >= 0.3 is 0 Å². The van der Waals surface area contributed by atoms with Crippen molar-refractivity contribution in [2.24, 2.45) is 4.99 Å². The predicted octanol–water partition coefficient (Wildman–Crippen LogP) is 4.47. The number of nitrogens with zero attached hydrogens (tertiary/aromatic N) is 2. The number of ether oxygens (including phenoxy) is 1. The number of para-hydroxylation sites is 1. The van der Waals surface area contributed by atoms with Gasteiger partial charge in [-0.15, -0.1) is 0 Å². The van der Waals surface area contributed by atoms with Crippen LogP contribution in [-0.2, 0) is 0 Å². The molecule has 6 heteroatoms. The minimum atomic E-state index is -2.64. The first-order chi connectivity index (χ1) is 11.4. The average molecular weight is 334 g/mol. The molecule has 2 aromatic rings. The highest BCUT2D eigenvalue weighted by Crippen LogP contribution is 2.31. The molecule has 0 saturated carbocycles. The highest BCUT2D eigenvalue weighted by Gasteiger charge is 2.26. The van der Waals surface area contributed by atoms with Crippen LogP contribution in [0.25, 0.3) is 0 Å². The monoisotopic (exact) mass is 334 g/mol. The predicted molar refractivity (Wildman–Crippen MR) is 85.5 cm³/mol. The summed E-state index contributed by atoms with van der Waals surface area (Å²) in [6.45, 7) is 5.25. The lowest BCUT2D eigenvalue weighted by Crippen LogP contribution is -2.24. The third-order valence-electron chi connectivity index (χ3n) is 4.14. The van der Waals surface area contributed by atoms with Crippen LogP contribution in [-0.4, -0.2) is 22.8 Å². The van der Waals surface area contributed by atoms with Crippen LogP contribution < -0.4 is 4.74 Å². The van der Waals surface area contributed by atoms with Crippen molar-refractivity contribution in [2.75, 3.05) is 0 Å². The van der Waals surface area contributed by atoms with Gasteiger partial charge in [0.05, 0.1) is 11.8 Å². The molecule has 3 nitrogen and oxygen atoms in total. The SMILES string of the molecule is Cc1cc(C2=N[C@@H](C)[C@H](C)Oc3c(F)cccc32)cnc1C(F)F. The summed E-state index contributed by atoms with van der Waals surface area (Å²) in [7, 11) is 0. The number of pyridine rings is 1. The summed E-state index contributed by atoms with van der Waals surface area (Å²) in [5.74, 6) is -0.348. The Balaban J connectivity index is 2.17. The molecule has 24 heavy (non-hydrogen) atoms. The number of halogens is 3. The standard InChI is InChI=1S/C18H17F3N2O/c1-9-7-12(8-22-15(9)18(20)21)16-13-5-4-6-14(19)17(13)24-11(3)10(2)23-16/h4-8,10-11,18H,1-3H3/t10-,11-/m0/s1. The number of hydrogen-bond acceptors (Lipinski definition) is 3. The van der Waals surface area contributed by atoms with E-state index in [2.05, 4.69) is 9.98 Å². The maximum absolute atomic E-state index is 14.2. The Hall–Kier alpha value is -2.37. The summed E-state index contributed by atoms with van der Waals surface area (Å²) < 4.78 is 45.7. The lowest BCUT2D eigenvalue weighted by molar-refractivity contribution is 0.145. The Labute approximate surface area is 138 Å². The Kier molecular flexibility index (Phi) is 4.30. The molecule has 0 N–H and O–H groups in total. The van der Waals surface area contributed by atoms with Crippen LogP contribution in [0.4, 0.5) is 13.2 Å². The summed E-state index contributed by atoms with van der Waals surface area (Å²) in [4.78, 5) is 8.48. The topological polar surface area (TPSA) is 34.5 Å². The van der Waals surface area contributed by atoms with Gasteiger partial charge < -0.3 is 4.74 Å². The smallest absolute Gasteiger partial charge is 0.280 e. The lowest BCUT2D eigenvalue weighted by Gasteiger charge is -2.16. The zero-order chi connectivity index (χ0) is 17.4. The van der Waals surface area contributed by atoms with Crippen LogP contribution in [0.5, 0.6) is 5.75 Å². The number of hydrogen-bond donors (Lipinski definition) is 0. The van der Waals surface area contributed by atoms with Crippen molar-refractivity contribution in [1.29, 1.82) is 0 Å². The molecule has 1 aromatic heterocycles. The zero-order valence-electron chi connectivity index (χ0n) is 13.6. The van der Waals surface area contributed by atoms with E-state index in [4.69, 9.17) is 4.74 Å². The van der Waals surface area contributed by atoms with E-state index >= 15 is 0 Å². The summed E-state index contributed by atoms with van der Waals surface area (Å²) in [5.41, 5.74) is 1.67. The molecule has 1 aliphatic heterocycles. The first-order valence-electron chi connectivity index (χ1n) is 7.67. The van der Waals surface area contributed by atoms with E-state index in [-0.39, 0.29) is 23.6 Å². The molecule has 0 unspecified atom stereocenters. The van der Waals surface area contributed by atoms with Gasteiger partial charge in [0.1, 0.15) is 11.8 Å². The molecular formula is C18H17F3N2O. The van der Waals surface area contributed by atoms with Crippen molar-refractivity contribution < 1.29 is 17.9 Å². The van der Waals surface area contributed by atoms with Crippen LogP contribution in [0.1, 0.15) is 42.7 Å². The van der Waals surface area contributed by atoms with Gasteiger partial charge in [-0.2, -0.15) is 0 Å². The van der Waals surface area contributed by atoms with E-state index < -0.39 is 12.2 Å². The molecule has 1 aliphatic rings. The van der Waals surface area contributed by atoms with E-state index in [0.717, 1.165) is 0 Å². The largest absolute Gasteiger partial charge is 0.485 e. The lowest BCUT2D eigenvalue weighted by atomic mass is 10.0. The number of aryl methyl sites for hydroxylation is 1. The van der Waals surface area contributed by atoms with Gasteiger partial charge in [-0.1, -0.05) is 6.07 Å². The van der Waals surface area contributed by atoms with E-state index in [1.54, 1.807) is 25.1 Å². The van der Waals surface area contributed by atoms with Crippen molar-refractivity contribution in [3.63, 3.8) is 0 Å². The average Bonchev–Trinajstić information content (AvgIpc) is 2.65. The Morgan fingerprint density at radius 1 is 1.21 bits per heavy atom. The van der Waals surface area contributed by atoms with Crippen molar-refractivity contribution in [2.45, 2.75) is 39.3 Å². The van der Waals surface area contributed by atoms with Crippen LogP contribution in [0.3, 0.4) is 0 Å². The number of aliphatic imine (C=N–C) groups is 1. The van der Waals surface area contributed by atoms with Crippen LogP contribution in [0, 0.1) is 12.7 Å². The number of aromatic nitrogens is 1. The minimum absolute atomic E-state index is 0.128. The minimum Gasteiger partial charge on any atom is -0.485 e. The van der Waals surface area contributed by atoms with Gasteiger partial charge in [0.2, 0.25) is 0 Å². The van der Waals surface area contributed by atoms with Gasteiger partial charge in [-0.3, -0.25) is 9.98 Å². The fourth-order valence-electron chi connectivity index (χ4n) is 2.65. The molecule has 0 spiro atoms. The van der Waals surface area contributed by atoms with E-state index in [1.165, 1.54) is 12.3 Å². The molecule has 126 valence electrons. The third kappa shape index (κ3) is 2.88. The number of fused-ring (bicyclic) bond motifs is 1. The van der Waals surface area contributed by atoms with Gasteiger partial charge in [0.15, 0.2) is 11.6 Å². The van der Waals surface area contributed by atoms with E-state index in [9.17, 15) is 13.2 Å². The molecule has 2 atom stereocenters. The third-order valence-corrected chi connectivity index (χ3v) is 4.14. The van der Waals surface area contributed by atoms with Crippen molar-refractivity contribution in [3.8, 4) is 5.75 Å². The second-order valence-electron chi connectivity index (χ2n) is 5.88. The summed E-state index contributed by atoms with van der Waals surface area (Å²) >= 11 is 0. The first kappa shape index (κ1) is 16.5. The Bertz CT molecular complexity index is 805. The Morgan fingerprint density at radius 3 is 2.62 bits per heavy atom. The quantitative estimate of drug-likeness (QED) is 0.812. The molecule has 0 bridgehead atoms. The molecule has 0 amide bonds. The first-order valence-corrected chi connectivity index (χ1v) is 7.67. The summed E-state index contributed by atoms with van der Waals surface area (Å²) in [6.07, 6.45) is -1.60. The summed E-state index contributed by atoms with van der Waals surface area (Å²) in [6, 6.07) is 5.98. The summed E-state index contributed by atoms with van der Waals surface area (Å²) in [5, 5.41) is 0. The Morgan fingerprint density at radius 2 is 1.96 bits per heavy atom. The van der Waals surface area contributed by atoms with Crippen molar-refractivity contribution in [3.05, 3.63) is 58.7 Å². The molecule has 2 heterocycles. The molecule has 0 saturated heterocycles. The van der Waals surface area contributed by atoms with Crippen LogP contribution in [0.2, 0.25) is 0 Å². The second kappa shape index (κ2) is 6.26. The van der Waals surface area contributed by atoms with Gasteiger partial charge in [-0.05, 0) is 44.5 Å². The zero-order valence-corrected chi connectivity index (χ0v) is 13.6. The maximum atomic E-state index is 14.2. The fourth-order valence-corrected chi connectivity index (χ4v) is 2.65. The number of benzene rings is 1. The fraction of sp³-hybridized carbons (Fsp3) is 0.333. The maximum Gasteiger partial charge on any atom is 0.280 e. The molecule has 3 rings (SSSR count). The van der Waals surface area contributed by atoms with Crippen molar-refractivity contribution in [1.82, 2.24) is 4.98 Å². The van der Waals surface area contributed by atoms with Crippen molar-refractivity contribution >= 4 is 5.71 Å². The van der Waals surface area contributed by atoms with Crippen LogP contribution in [0.15, 0.2) is 35.5 Å². The van der Waals surface area contributed by atoms with Gasteiger partial charge in [0.25, 0.3) is 6.43 Å². The molecule has 0 fully saturated rings.